The fraction of sp³-hybridized carbons (Fsp3) is 0.214. The van der Waals surface area contributed by atoms with Crippen LogP contribution in [0.5, 0.6) is 0 Å². The van der Waals surface area contributed by atoms with Crippen molar-refractivity contribution in [2.45, 2.75) is 13.5 Å². The molecule has 3 nitrogen and oxygen atoms in total. The molecule has 0 aliphatic heterocycles. The number of carbonyl (C=O) groups excluding carboxylic acids is 1. The van der Waals surface area contributed by atoms with Gasteiger partial charge in [-0.2, -0.15) is 0 Å². The zero-order valence-electron chi connectivity index (χ0n) is 10.5. The van der Waals surface area contributed by atoms with Crippen molar-refractivity contribution in [2.75, 3.05) is 11.9 Å². The van der Waals surface area contributed by atoms with E-state index in [2.05, 4.69) is 21.2 Å². The number of anilines is 1. The smallest absolute Gasteiger partial charge is 0.340 e. The Hall–Kier alpha value is -1.33. The Labute approximate surface area is 124 Å². The van der Waals surface area contributed by atoms with E-state index in [-0.39, 0.29) is 5.97 Å². The highest BCUT2D eigenvalue weighted by atomic mass is 79.9. The first-order valence-electron chi connectivity index (χ1n) is 5.94. The van der Waals surface area contributed by atoms with Gasteiger partial charge < -0.3 is 10.1 Å². The Morgan fingerprint density at radius 3 is 2.84 bits per heavy atom. The molecule has 19 heavy (non-hydrogen) atoms. The molecule has 0 aliphatic carbocycles. The van der Waals surface area contributed by atoms with Crippen molar-refractivity contribution in [3.63, 3.8) is 0 Å². The predicted octanol–water partition coefficient (Wildman–Crippen LogP) is 4.30. The number of para-hydroxylation sites is 1. The number of esters is 1. The first-order valence-corrected chi connectivity index (χ1v) is 7.61. The van der Waals surface area contributed by atoms with Crippen LogP contribution in [-0.2, 0) is 11.3 Å². The van der Waals surface area contributed by atoms with Crippen LogP contribution in [0.3, 0.4) is 0 Å². The van der Waals surface area contributed by atoms with Crippen LogP contribution < -0.4 is 5.32 Å². The second-order valence-corrected chi connectivity index (χ2v) is 5.67. The van der Waals surface area contributed by atoms with E-state index in [9.17, 15) is 4.79 Å². The Balaban J connectivity index is 2.12. The van der Waals surface area contributed by atoms with Gasteiger partial charge in [0.25, 0.3) is 0 Å². The minimum Gasteiger partial charge on any atom is -0.462 e. The molecular formula is C14H14BrNO2S. The van der Waals surface area contributed by atoms with Crippen molar-refractivity contribution in [3.05, 3.63) is 50.6 Å². The molecule has 0 fully saturated rings. The number of benzene rings is 1. The standard InChI is InChI=1S/C14H14BrNO2S/c1-2-18-14(17)10-5-3-4-6-12(10)16-9-13-11(15)7-8-19-13/h3-8,16H,2,9H2,1H3. The lowest BCUT2D eigenvalue weighted by Gasteiger charge is -2.10. The maximum absolute atomic E-state index is 11.8. The molecule has 0 spiro atoms. The van der Waals surface area contributed by atoms with Gasteiger partial charge in [0.2, 0.25) is 0 Å². The summed E-state index contributed by atoms with van der Waals surface area (Å²) in [5.41, 5.74) is 1.36. The Bertz CT molecular complexity index is 568. The Morgan fingerprint density at radius 1 is 1.37 bits per heavy atom. The predicted molar refractivity (Wildman–Crippen MR) is 81.7 cm³/mol. The average molecular weight is 340 g/mol. The molecule has 0 atom stereocenters. The second-order valence-electron chi connectivity index (χ2n) is 3.81. The summed E-state index contributed by atoms with van der Waals surface area (Å²) in [4.78, 5) is 13.0. The molecule has 0 saturated heterocycles. The van der Waals surface area contributed by atoms with Crippen LogP contribution in [0.1, 0.15) is 22.2 Å². The lowest BCUT2D eigenvalue weighted by atomic mass is 10.2. The van der Waals surface area contributed by atoms with Crippen LogP contribution in [0.4, 0.5) is 5.69 Å². The Kier molecular flexibility index (Phi) is 4.99. The summed E-state index contributed by atoms with van der Waals surface area (Å²) < 4.78 is 6.13. The van der Waals surface area contributed by atoms with E-state index in [0.717, 1.165) is 10.2 Å². The maximum Gasteiger partial charge on any atom is 0.340 e. The van der Waals surface area contributed by atoms with Crippen molar-refractivity contribution in [1.29, 1.82) is 0 Å². The molecule has 0 saturated carbocycles. The van der Waals surface area contributed by atoms with Gasteiger partial charge in [-0.3, -0.25) is 0 Å². The van der Waals surface area contributed by atoms with Crippen molar-refractivity contribution < 1.29 is 9.53 Å². The van der Waals surface area contributed by atoms with Gasteiger partial charge in [0.05, 0.1) is 18.7 Å². The maximum atomic E-state index is 11.8. The molecule has 0 unspecified atom stereocenters. The van der Waals surface area contributed by atoms with Gasteiger partial charge in [0, 0.05) is 15.0 Å². The van der Waals surface area contributed by atoms with Crippen molar-refractivity contribution >= 4 is 38.9 Å². The van der Waals surface area contributed by atoms with Crippen LogP contribution in [0, 0.1) is 0 Å². The SMILES string of the molecule is CCOC(=O)c1ccccc1NCc1sccc1Br. The van der Waals surface area contributed by atoms with Gasteiger partial charge in [-0.1, -0.05) is 12.1 Å². The lowest BCUT2D eigenvalue weighted by molar-refractivity contribution is 0.0527. The van der Waals surface area contributed by atoms with Gasteiger partial charge in [-0.05, 0) is 46.4 Å². The van der Waals surface area contributed by atoms with Crippen molar-refractivity contribution in [3.8, 4) is 0 Å². The zero-order chi connectivity index (χ0) is 13.7. The molecular weight excluding hydrogens is 326 g/mol. The lowest BCUT2D eigenvalue weighted by Crippen LogP contribution is -2.09. The molecule has 2 aromatic rings. The highest BCUT2D eigenvalue weighted by molar-refractivity contribution is 9.10. The quantitative estimate of drug-likeness (QED) is 0.825. The fourth-order valence-electron chi connectivity index (χ4n) is 1.65. The van der Waals surface area contributed by atoms with Crippen molar-refractivity contribution in [2.24, 2.45) is 0 Å². The highest BCUT2D eigenvalue weighted by Gasteiger charge is 2.11. The second kappa shape index (κ2) is 6.73. The number of nitrogens with one attached hydrogen (secondary N) is 1. The molecule has 0 aliphatic rings. The average Bonchev–Trinajstić information content (AvgIpc) is 2.82. The van der Waals surface area contributed by atoms with E-state index in [1.165, 1.54) is 4.88 Å². The van der Waals surface area contributed by atoms with E-state index < -0.39 is 0 Å². The summed E-state index contributed by atoms with van der Waals surface area (Å²) in [7, 11) is 0. The molecule has 1 aromatic carbocycles. The third-order valence-electron chi connectivity index (χ3n) is 2.55. The van der Waals surface area contributed by atoms with Crippen molar-refractivity contribution in [1.82, 2.24) is 0 Å². The van der Waals surface area contributed by atoms with Crippen LogP contribution in [0.25, 0.3) is 0 Å². The topological polar surface area (TPSA) is 38.3 Å². The van der Waals surface area contributed by atoms with E-state index >= 15 is 0 Å². The third kappa shape index (κ3) is 3.58. The van der Waals surface area contributed by atoms with E-state index in [4.69, 9.17) is 4.74 Å². The molecule has 1 heterocycles. The van der Waals surface area contributed by atoms with E-state index in [1.54, 1.807) is 24.3 Å². The number of halogens is 1. The number of carbonyl (C=O) groups is 1. The summed E-state index contributed by atoms with van der Waals surface area (Å²) >= 11 is 5.16. The zero-order valence-corrected chi connectivity index (χ0v) is 12.9. The van der Waals surface area contributed by atoms with Crippen LogP contribution in [0.15, 0.2) is 40.2 Å². The molecule has 0 radical (unpaired) electrons. The largest absolute Gasteiger partial charge is 0.462 e. The molecule has 0 amide bonds. The molecule has 1 aromatic heterocycles. The number of rotatable bonds is 5. The summed E-state index contributed by atoms with van der Waals surface area (Å²) in [6.45, 7) is 2.86. The van der Waals surface area contributed by atoms with Crippen LogP contribution in [-0.4, -0.2) is 12.6 Å². The highest BCUT2D eigenvalue weighted by Crippen LogP contribution is 2.24. The molecule has 100 valence electrons. The summed E-state index contributed by atoms with van der Waals surface area (Å²) in [5.74, 6) is -0.296. The first kappa shape index (κ1) is 14.1. The van der Waals surface area contributed by atoms with Gasteiger partial charge >= 0.3 is 5.97 Å². The normalized spacial score (nSPS) is 10.2. The summed E-state index contributed by atoms with van der Waals surface area (Å²) in [6.07, 6.45) is 0. The van der Waals surface area contributed by atoms with Crippen LogP contribution >= 0.6 is 27.3 Å². The van der Waals surface area contributed by atoms with Gasteiger partial charge in [0.15, 0.2) is 0 Å². The fourth-order valence-corrected chi connectivity index (χ4v) is 3.08. The Morgan fingerprint density at radius 2 is 2.16 bits per heavy atom. The number of hydrogen-bond acceptors (Lipinski definition) is 4. The number of hydrogen-bond donors (Lipinski definition) is 1. The number of ether oxygens (including phenoxy) is 1. The van der Waals surface area contributed by atoms with E-state index in [0.29, 0.717) is 18.7 Å². The monoisotopic (exact) mass is 339 g/mol. The van der Waals surface area contributed by atoms with Gasteiger partial charge in [-0.25, -0.2) is 4.79 Å². The molecule has 5 heteroatoms. The third-order valence-corrected chi connectivity index (χ3v) is 4.48. The van der Waals surface area contributed by atoms with Gasteiger partial charge in [0.1, 0.15) is 0 Å². The summed E-state index contributed by atoms with van der Waals surface area (Å²) in [5, 5.41) is 5.30. The minimum atomic E-state index is -0.296. The van der Waals surface area contributed by atoms with Crippen LogP contribution in [0.2, 0.25) is 0 Å². The molecule has 2 rings (SSSR count). The van der Waals surface area contributed by atoms with Gasteiger partial charge in [-0.15, -0.1) is 11.3 Å². The minimum absolute atomic E-state index is 0.296. The first-order chi connectivity index (χ1) is 9.22. The number of thiophene rings is 1. The van der Waals surface area contributed by atoms with E-state index in [1.807, 2.05) is 29.6 Å². The molecule has 0 bridgehead atoms. The molecule has 1 N–H and O–H groups in total. The summed E-state index contributed by atoms with van der Waals surface area (Å²) in [6, 6.07) is 9.39.